The third-order valence-electron chi connectivity index (χ3n) is 5.55. The number of nitrogens with one attached hydrogen (secondary N) is 3. The summed E-state index contributed by atoms with van der Waals surface area (Å²) in [7, 11) is 1.23. The van der Waals surface area contributed by atoms with E-state index < -0.39 is 79.6 Å². The van der Waals surface area contributed by atoms with Crippen LogP contribution in [0.2, 0.25) is 0 Å². The van der Waals surface area contributed by atoms with Gasteiger partial charge in [0, 0.05) is 20.5 Å². The molecule has 0 spiro atoms. The standard InChI is InChI=1S/C19H33N3O10S2/c1-7-11(20-8(2)24)15(12(25)9(6-23)30-7)31-19-14(27)13(26)16(29-3)17(32-19)18(28)22-21-10(34)4-5-33/h7,9,11-17,19,23,25-27,33H,4-6H2,1-3H3,(H,20,24)(H,21,34)(H,22,28)/t7-,9?,11?,12+,13+,14?,15+,16-,17?,19+/m0/s1. The fraction of sp³-hybridized carbons (Fsp3) is 0.842. The lowest BCUT2D eigenvalue weighted by Crippen LogP contribution is -2.68. The van der Waals surface area contributed by atoms with E-state index in [0.29, 0.717) is 17.2 Å². The maximum absolute atomic E-state index is 12.7. The van der Waals surface area contributed by atoms with Crippen LogP contribution in [0.5, 0.6) is 0 Å². The minimum absolute atomic E-state index is 0.314. The molecular formula is C19H33N3O10S2. The third kappa shape index (κ3) is 6.96. The van der Waals surface area contributed by atoms with E-state index in [-0.39, 0.29) is 0 Å². The van der Waals surface area contributed by atoms with Gasteiger partial charge in [-0.05, 0) is 12.7 Å². The topological polar surface area (TPSA) is 188 Å². The minimum Gasteiger partial charge on any atom is -0.394 e. The molecule has 0 aliphatic carbocycles. The van der Waals surface area contributed by atoms with Gasteiger partial charge in [0.25, 0.3) is 5.91 Å². The van der Waals surface area contributed by atoms with Gasteiger partial charge in [-0.1, -0.05) is 12.2 Å². The first-order chi connectivity index (χ1) is 16.0. The molecule has 0 aromatic carbocycles. The predicted molar refractivity (Wildman–Crippen MR) is 124 cm³/mol. The Kier molecular flexibility index (Phi) is 11.3. The van der Waals surface area contributed by atoms with Crippen molar-refractivity contribution in [3.63, 3.8) is 0 Å². The van der Waals surface area contributed by atoms with Gasteiger partial charge in [-0.2, -0.15) is 12.6 Å². The van der Waals surface area contributed by atoms with Crippen molar-refractivity contribution in [1.29, 1.82) is 0 Å². The van der Waals surface area contributed by atoms with E-state index >= 15 is 0 Å². The number of hydrazine groups is 1. The first kappa shape index (κ1) is 29.1. The monoisotopic (exact) mass is 527 g/mol. The number of thiocarbonyl (C=S) groups is 1. The quantitative estimate of drug-likeness (QED) is 0.0896. The molecule has 2 amide bonds. The summed E-state index contributed by atoms with van der Waals surface area (Å²) in [5.74, 6) is -0.742. The van der Waals surface area contributed by atoms with E-state index in [4.69, 9.17) is 31.2 Å². The zero-order valence-corrected chi connectivity index (χ0v) is 20.7. The van der Waals surface area contributed by atoms with E-state index in [1.54, 1.807) is 6.92 Å². The number of carbonyl (C=O) groups excluding carboxylic acids is 2. The molecule has 2 saturated heterocycles. The van der Waals surface area contributed by atoms with Crippen molar-refractivity contribution in [2.24, 2.45) is 0 Å². The van der Waals surface area contributed by atoms with Gasteiger partial charge in [0.2, 0.25) is 5.91 Å². The van der Waals surface area contributed by atoms with E-state index in [1.165, 1.54) is 14.0 Å². The van der Waals surface area contributed by atoms with Crippen LogP contribution in [0.3, 0.4) is 0 Å². The molecule has 0 saturated carbocycles. The summed E-state index contributed by atoms with van der Waals surface area (Å²) >= 11 is 9.10. The molecule has 196 valence electrons. The predicted octanol–water partition coefficient (Wildman–Crippen LogP) is -3.25. The van der Waals surface area contributed by atoms with Crippen LogP contribution in [-0.4, -0.2) is 118 Å². The van der Waals surface area contributed by atoms with Gasteiger partial charge in [-0.25, -0.2) is 0 Å². The maximum Gasteiger partial charge on any atom is 0.270 e. The second-order valence-electron chi connectivity index (χ2n) is 8.00. The lowest BCUT2D eigenvalue weighted by Gasteiger charge is -2.47. The second kappa shape index (κ2) is 13.2. The van der Waals surface area contributed by atoms with Gasteiger partial charge < -0.3 is 44.7 Å². The van der Waals surface area contributed by atoms with Crippen molar-refractivity contribution < 1.29 is 49.0 Å². The van der Waals surface area contributed by atoms with E-state index in [0.717, 1.165) is 0 Å². The average Bonchev–Trinajstić information content (AvgIpc) is 2.79. The van der Waals surface area contributed by atoms with Crippen LogP contribution >= 0.6 is 24.8 Å². The average molecular weight is 528 g/mol. The fourth-order valence-electron chi connectivity index (χ4n) is 3.83. The highest BCUT2D eigenvalue weighted by Gasteiger charge is 2.52. The van der Waals surface area contributed by atoms with Crippen LogP contribution in [-0.2, 0) is 28.5 Å². The van der Waals surface area contributed by atoms with Crippen molar-refractivity contribution in [3.05, 3.63) is 0 Å². The molecule has 0 bridgehead atoms. The van der Waals surface area contributed by atoms with Gasteiger partial charge in [-0.15, -0.1) is 0 Å². The Morgan fingerprint density at radius 1 is 1.09 bits per heavy atom. The molecule has 0 aromatic heterocycles. The first-order valence-corrected chi connectivity index (χ1v) is 11.7. The van der Waals surface area contributed by atoms with Gasteiger partial charge in [0.1, 0.15) is 36.6 Å². The SMILES string of the molecule is CO[C@@H]1C(C(=O)NNC(=S)CCS)O[C@@H](O[C@@H]2C(NC(C)=O)[C@H](C)OC(CO)[C@H]2O)C(O)[C@H]1O. The Balaban J connectivity index is 2.23. The molecule has 2 rings (SSSR count). The van der Waals surface area contributed by atoms with Gasteiger partial charge in [0.15, 0.2) is 12.4 Å². The molecule has 4 unspecified atom stereocenters. The highest BCUT2D eigenvalue weighted by atomic mass is 32.1. The van der Waals surface area contributed by atoms with Crippen molar-refractivity contribution in [1.82, 2.24) is 16.2 Å². The Hall–Kier alpha value is -1.14. The molecule has 0 radical (unpaired) electrons. The number of thiol groups is 1. The zero-order valence-electron chi connectivity index (χ0n) is 19.0. The number of rotatable bonds is 8. The molecule has 2 aliphatic rings. The number of carbonyl (C=O) groups is 2. The van der Waals surface area contributed by atoms with Gasteiger partial charge in [0.05, 0.1) is 23.7 Å². The number of ether oxygens (including phenoxy) is 4. The Morgan fingerprint density at radius 2 is 1.76 bits per heavy atom. The molecule has 15 heteroatoms. The van der Waals surface area contributed by atoms with Gasteiger partial charge in [-0.3, -0.25) is 20.4 Å². The summed E-state index contributed by atoms with van der Waals surface area (Å²) in [6.45, 7) is 2.33. The van der Waals surface area contributed by atoms with Crippen molar-refractivity contribution in [2.75, 3.05) is 19.5 Å². The summed E-state index contributed by atoms with van der Waals surface area (Å²) in [6.07, 6.45) is -11.6. The Labute approximate surface area is 207 Å². The van der Waals surface area contributed by atoms with E-state index in [1.807, 2.05) is 0 Å². The molecular weight excluding hydrogens is 494 g/mol. The van der Waals surface area contributed by atoms with Crippen LogP contribution in [0.15, 0.2) is 0 Å². The van der Waals surface area contributed by atoms with Crippen LogP contribution in [0.1, 0.15) is 20.3 Å². The molecule has 2 fully saturated rings. The first-order valence-electron chi connectivity index (χ1n) is 10.7. The molecule has 34 heavy (non-hydrogen) atoms. The van der Waals surface area contributed by atoms with Crippen molar-refractivity contribution in [3.8, 4) is 0 Å². The highest BCUT2D eigenvalue weighted by Crippen LogP contribution is 2.30. The van der Waals surface area contributed by atoms with Crippen molar-refractivity contribution >= 4 is 41.6 Å². The fourth-order valence-corrected chi connectivity index (χ4v) is 4.36. The minimum atomic E-state index is -1.68. The largest absolute Gasteiger partial charge is 0.394 e. The lowest BCUT2D eigenvalue weighted by molar-refractivity contribution is -0.325. The molecule has 2 aliphatic heterocycles. The third-order valence-corrected chi connectivity index (χ3v) is 6.08. The van der Waals surface area contributed by atoms with Crippen LogP contribution in [0, 0.1) is 0 Å². The summed E-state index contributed by atoms with van der Waals surface area (Å²) in [5, 5.41) is 44.0. The molecule has 2 heterocycles. The molecule has 0 aromatic rings. The summed E-state index contributed by atoms with van der Waals surface area (Å²) in [4.78, 5) is 24.7. The van der Waals surface area contributed by atoms with Crippen LogP contribution in [0.25, 0.3) is 0 Å². The number of aliphatic hydroxyl groups is 4. The maximum atomic E-state index is 12.7. The normalized spacial score (nSPS) is 38.1. The van der Waals surface area contributed by atoms with E-state index in [2.05, 4.69) is 28.8 Å². The van der Waals surface area contributed by atoms with E-state index in [9.17, 15) is 30.0 Å². The summed E-state index contributed by atoms with van der Waals surface area (Å²) < 4.78 is 22.1. The number of aliphatic hydroxyl groups excluding tert-OH is 4. The smallest absolute Gasteiger partial charge is 0.270 e. The lowest BCUT2D eigenvalue weighted by atomic mass is 9.92. The Bertz CT molecular complexity index is 720. The molecule has 10 atom stereocenters. The van der Waals surface area contributed by atoms with Crippen LogP contribution < -0.4 is 16.2 Å². The molecule has 13 nitrogen and oxygen atoms in total. The van der Waals surface area contributed by atoms with Gasteiger partial charge >= 0.3 is 0 Å². The number of hydrogen-bond acceptors (Lipinski definition) is 12. The second-order valence-corrected chi connectivity index (χ2v) is 8.94. The van der Waals surface area contributed by atoms with Crippen LogP contribution in [0.4, 0.5) is 0 Å². The Morgan fingerprint density at radius 3 is 2.32 bits per heavy atom. The number of methoxy groups -OCH3 is 1. The summed E-state index contributed by atoms with van der Waals surface area (Å²) in [6, 6.07) is -0.893. The molecule has 7 N–H and O–H groups in total. The zero-order chi connectivity index (χ0) is 25.6. The van der Waals surface area contributed by atoms with Crippen molar-refractivity contribution in [2.45, 2.75) is 81.4 Å². The summed E-state index contributed by atoms with van der Waals surface area (Å²) in [5.41, 5.74) is 4.88. The number of hydrogen-bond donors (Lipinski definition) is 8. The number of amides is 2. The highest BCUT2D eigenvalue weighted by molar-refractivity contribution is 7.81.